The summed E-state index contributed by atoms with van der Waals surface area (Å²) in [5.74, 6) is 0.663. The van der Waals surface area contributed by atoms with Crippen LogP contribution >= 0.6 is 0 Å². The molecule has 0 bridgehead atoms. The highest BCUT2D eigenvalue weighted by Gasteiger charge is 2.30. The van der Waals surface area contributed by atoms with E-state index in [0.717, 1.165) is 17.8 Å². The van der Waals surface area contributed by atoms with Crippen LogP contribution in [0.4, 0.5) is 13.2 Å². The minimum Gasteiger partial charge on any atom is -0.331 e. The number of alkyl halides is 3. The monoisotopic (exact) mass is 240 g/mol. The number of rotatable bonds is 1. The lowest BCUT2D eigenvalue weighted by atomic mass is 10.1. The highest BCUT2D eigenvalue weighted by Crippen LogP contribution is 2.30. The van der Waals surface area contributed by atoms with Crippen molar-refractivity contribution in [3.05, 3.63) is 41.7 Å². The van der Waals surface area contributed by atoms with E-state index in [9.17, 15) is 13.2 Å². The fraction of sp³-hybridized carbons (Fsp3) is 0.250. The van der Waals surface area contributed by atoms with E-state index in [2.05, 4.69) is 4.98 Å². The van der Waals surface area contributed by atoms with Crippen LogP contribution in [0, 0.1) is 6.92 Å². The minimum absolute atomic E-state index is 0.646. The van der Waals surface area contributed by atoms with Crippen LogP contribution in [0.15, 0.2) is 30.5 Å². The van der Waals surface area contributed by atoms with Gasteiger partial charge in [0, 0.05) is 24.5 Å². The SMILES string of the molecule is Cc1cnc(-c2ccc(C(F)(F)F)cc2)n1C. The van der Waals surface area contributed by atoms with E-state index in [1.807, 2.05) is 18.5 Å². The van der Waals surface area contributed by atoms with E-state index in [1.54, 1.807) is 6.20 Å². The van der Waals surface area contributed by atoms with Gasteiger partial charge >= 0.3 is 6.18 Å². The molecule has 0 spiro atoms. The molecule has 0 amide bonds. The molecule has 0 atom stereocenters. The summed E-state index contributed by atoms with van der Waals surface area (Å²) in [5.41, 5.74) is 0.987. The van der Waals surface area contributed by atoms with Crippen LogP contribution in [-0.2, 0) is 13.2 Å². The third-order valence-corrected chi connectivity index (χ3v) is 2.69. The third kappa shape index (κ3) is 2.18. The fourth-order valence-electron chi connectivity index (χ4n) is 1.57. The molecule has 0 saturated heterocycles. The molecule has 5 heteroatoms. The van der Waals surface area contributed by atoms with Gasteiger partial charge in [-0.15, -0.1) is 0 Å². The Morgan fingerprint density at radius 2 is 1.71 bits per heavy atom. The lowest BCUT2D eigenvalue weighted by Crippen LogP contribution is -2.04. The van der Waals surface area contributed by atoms with Crippen LogP contribution < -0.4 is 0 Å². The summed E-state index contributed by atoms with van der Waals surface area (Å²) in [5, 5.41) is 0. The summed E-state index contributed by atoms with van der Waals surface area (Å²) in [7, 11) is 1.83. The Labute approximate surface area is 96.7 Å². The molecule has 2 aromatic rings. The molecule has 0 unspecified atom stereocenters. The van der Waals surface area contributed by atoms with Gasteiger partial charge in [0.25, 0.3) is 0 Å². The largest absolute Gasteiger partial charge is 0.416 e. The van der Waals surface area contributed by atoms with Gasteiger partial charge in [-0.05, 0) is 19.1 Å². The normalized spacial score (nSPS) is 11.8. The molecule has 0 fully saturated rings. The van der Waals surface area contributed by atoms with E-state index in [4.69, 9.17) is 0 Å². The van der Waals surface area contributed by atoms with Crippen LogP contribution in [0.3, 0.4) is 0 Å². The number of nitrogens with zero attached hydrogens (tertiary/aromatic N) is 2. The maximum atomic E-state index is 12.4. The highest BCUT2D eigenvalue weighted by atomic mass is 19.4. The van der Waals surface area contributed by atoms with Gasteiger partial charge in [0.2, 0.25) is 0 Å². The molecule has 0 aliphatic heterocycles. The lowest BCUT2D eigenvalue weighted by Gasteiger charge is -2.08. The molecular weight excluding hydrogens is 229 g/mol. The molecule has 0 radical (unpaired) electrons. The molecule has 0 saturated carbocycles. The molecule has 0 aliphatic rings. The van der Waals surface area contributed by atoms with Crippen molar-refractivity contribution in [1.29, 1.82) is 0 Å². The van der Waals surface area contributed by atoms with Gasteiger partial charge in [-0.25, -0.2) is 4.98 Å². The number of aryl methyl sites for hydroxylation is 1. The summed E-state index contributed by atoms with van der Waals surface area (Å²) in [6.07, 6.45) is -2.61. The Kier molecular flexibility index (Phi) is 2.69. The molecule has 17 heavy (non-hydrogen) atoms. The molecule has 0 aliphatic carbocycles. The summed E-state index contributed by atoms with van der Waals surface area (Å²) >= 11 is 0. The van der Waals surface area contributed by atoms with Gasteiger partial charge in [-0.1, -0.05) is 12.1 Å². The molecule has 2 rings (SSSR count). The van der Waals surface area contributed by atoms with Crippen molar-refractivity contribution >= 4 is 0 Å². The van der Waals surface area contributed by atoms with Crippen molar-refractivity contribution in [1.82, 2.24) is 9.55 Å². The van der Waals surface area contributed by atoms with Gasteiger partial charge < -0.3 is 4.57 Å². The Hall–Kier alpha value is -1.78. The first-order valence-electron chi connectivity index (χ1n) is 5.05. The number of halogens is 3. The average Bonchev–Trinajstić information content (AvgIpc) is 2.59. The fourth-order valence-corrected chi connectivity index (χ4v) is 1.57. The van der Waals surface area contributed by atoms with E-state index >= 15 is 0 Å². The standard InChI is InChI=1S/C12H11F3N2/c1-8-7-16-11(17(8)2)9-3-5-10(6-4-9)12(13,14)15/h3-7H,1-2H3. The second-order valence-corrected chi connectivity index (χ2v) is 3.86. The number of imidazole rings is 1. The first-order chi connectivity index (χ1) is 7.89. The molecule has 0 N–H and O–H groups in total. The number of aromatic nitrogens is 2. The molecular formula is C12H11F3N2. The Morgan fingerprint density at radius 1 is 1.12 bits per heavy atom. The summed E-state index contributed by atoms with van der Waals surface area (Å²) in [4.78, 5) is 4.16. The summed E-state index contributed by atoms with van der Waals surface area (Å²) < 4.78 is 39.0. The van der Waals surface area contributed by atoms with Crippen LogP contribution in [0.5, 0.6) is 0 Å². The zero-order chi connectivity index (χ0) is 12.6. The quantitative estimate of drug-likeness (QED) is 0.746. The number of benzene rings is 1. The highest BCUT2D eigenvalue weighted by molar-refractivity contribution is 5.56. The molecule has 90 valence electrons. The zero-order valence-electron chi connectivity index (χ0n) is 9.42. The van der Waals surface area contributed by atoms with Crippen LogP contribution in [0.25, 0.3) is 11.4 Å². The van der Waals surface area contributed by atoms with Crippen LogP contribution in [0.2, 0.25) is 0 Å². The first kappa shape index (κ1) is 11.7. The summed E-state index contributed by atoms with van der Waals surface area (Å²) in [6.45, 7) is 1.89. The predicted octanol–water partition coefficient (Wildman–Crippen LogP) is 3.41. The molecule has 1 heterocycles. The maximum absolute atomic E-state index is 12.4. The Balaban J connectivity index is 2.40. The predicted molar refractivity (Wildman–Crippen MR) is 58.4 cm³/mol. The zero-order valence-corrected chi connectivity index (χ0v) is 9.42. The van der Waals surface area contributed by atoms with Crippen molar-refractivity contribution in [3.63, 3.8) is 0 Å². The van der Waals surface area contributed by atoms with Crippen LogP contribution in [0.1, 0.15) is 11.3 Å². The minimum atomic E-state index is -4.30. The van der Waals surface area contributed by atoms with Gasteiger partial charge in [-0.3, -0.25) is 0 Å². The second-order valence-electron chi connectivity index (χ2n) is 3.86. The van der Waals surface area contributed by atoms with Crippen LogP contribution in [-0.4, -0.2) is 9.55 Å². The van der Waals surface area contributed by atoms with E-state index in [0.29, 0.717) is 11.4 Å². The molecule has 2 nitrogen and oxygen atoms in total. The Morgan fingerprint density at radius 3 is 2.12 bits per heavy atom. The smallest absolute Gasteiger partial charge is 0.331 e. The second kappa shape index (κ2) is 3.91. The first-order valence-corrected chi connectivity index (χ1v) is 5.05. The average molecular weight is 240 g/mol. The maximum Gasteiger partial charge on any atom is 0.416 e. The van der Waals surface area contributed by atoms with E-state index in [1.165, 1.54) is 12.1 Å². The van der Waals surface area contributed by atoms with Crippen molar-refractivity contribution in [3.8, 4) is 11.4 Å². The topological polar surface area (TPSA) is 17.8 Å². The van der Waals surface area contributed by atoms with E-state index < -0.39 is 11.7 Å². The van der Waals surface area contributed by atoms with Crippen molar-refractivity contribution < 1.29 is 13.2 Å². The number of hydrogen-bond donors (Lipinski definition) is 0. The molecule has 1 aromatic carbocycles. The lowest BCUT2D eigenvalue weighted by molar-refractivity contribution is -0.137. The van der Waals surface area contributed by atoms with Gasteiger partial charge in [0.1, 0.15) is 5.82 Å². The molecule has 1 aromatic heterocycles. The van der Waals surface area contributed by atoms with Gasteiger partial charge in [0.15, 0.2) is 0 Å². The van der Waals surface area contributed by atoms with Gasteiger partial charge in [0.05, 0.1) is 5.56 Å². The number of hydrogen-bond acceptors (Lipinski definition) is 1. The van der Waals surface area contributed by atoms with Crippen molar-refractivity contribution in [2.45, 2.75) is 13.1 Å². The Bertz CT molecular complexity index is 524. The third-order valence-electron chi connectivity index (χ3n) is 2.69. The van der Waals surface area contributed by atoms with Crippen molar-refractivity contribution in [2.75, 3.05) is 0 Å². The van der Waals surface area contributed by atoms with Crippen molar-refractivity contribution in [2.24, 2.45) is 7.05 Å². The summed E-state index contributed by atoms with van der Waals surface area (Å²) in [6, 6.07) is 5.01. The van der Waals surface area contributed by atoms with E-state index in [-0.39, 0.29) is 0 Å². The van der Waals surface area contributed by atoms with Gasteiger partial charge in [-0.2, -0.15) is 13.2 Å².